The van der Waals surface area contributed by atoms with Crippen LogP contribution in [-0.2, 0) is 11.3 Å². The van der Waals surface area contributed by atoms with E-state index in [0.29, 0.717) is 5.69 Å². The third-order valence-corrected chi connectivity index (χ3v) is 4.42. The number of hydrogen-bond donors (Lipinski definition) is 2. The van der Waals surface area contributed by atoms with Crippen molar-refractivity contribution < 1.29 is 14.7 Å². The van der Waals surface area contributed by atoms with E-state index in [0.717, 1.165) is 43.1 Å². The largest absolute Gasteiger partial charge is 0.481 e. The van der Waals surface area contributed by atoms with Gasteiger partial charge in [-0.2, -0.15) is 0 Å². The Bertz CT molecular complexity index is 533. The van der Waals surface area contributed by atoms with E-state index in [1.165, 1.54) is 0 Å². The van der Waals surface area contributed by atoms with Gasteiger partial charge in [0.05, 0.1) is 12.0 Å². The van der Waals surface area contributed by atoms with Gasteiger partial charge in [-0.3, -0.25) is 9.59 Å². The van der Waals surface area contributed by atoms with Crippen LogP contribution in [0.15, 0.2) is 16.7 Å². The summed E-state index contributed by atoms with van der Waals surface area (Å²) in [5.41, 5.74) is -0.00291. The SMILES string of the molecule is CCCn1cc(Br)cc1C(=O)NC1(CC(=O)O)CCCC1. The lowest BCUT2D eigenvalue weighted by atomic mass is 9.93. The zero-order valence-electron chi connectivity index (χ0n) is 12.2. The van der Waals surface area contributed by atoms with E-state index in [1.807, 2.05) is 10.8 Å². The van der Waals surface area contributed by atoms with E-state index in [9.17, 15) is 9.59 Å². The second kappa shape index (κ2) is 6.64. The standard InChI is InChI=1S/C15H21BrN2O3/c1-2-7-18-10-11(16)8-12(18)14(21)17-15(9-13(19)20)5-3-4-6-15/h8,10H,2-7,9H2,1H3,(H,17,21)(H,19,20). The molecule has 1 saturated carbocycles. The van der Waals surface area contributed by atoms with Gasteiger partial charge >= 0.3 is 5.97 Å². The zero-order chi connectivity index (χ0) is 15.5. The van der Waals surface area contributed by atoms with Gasteiger partial charge < -0.3 is 15.0 Å². The smallest absolute Gasteiger partial charge is 0.305 e. The molecule has 1 aromatic rings. The van der Waals surface area contributed by atoms with Gasteiger partial charge in [-0.25, -0.2) is 0 Å². The van der Waals surface area contributed by atoms with Crippen molar-refractivity contribution in [3.05, 3.63) is 22.4 Å². The number of carboxylic acids is 1. The van der Waals surface area contributed by atoms with Crippen LogP contribution in [0.5, 0.6) is 0 Å². The molecule has 0 saturated heterocycles. The number of nitrogens with one attached hydrogen (secondary N) is 1. The molecule has 1 aliphatic carbocycles. The normalized spacial score (nSPS) is 16.9. The summed E-state index contributed by atoms with van der Waals surface area (Å²) < 4.78 is 2.77. The topological polar surface area (TPSA) is 71.3 Å². The molecule has 6 heteroatoms. The highest BCUT2D eigenvalue weighted by Gasteiger charge is 2.38. The molecular weight excluding hydrogens is 336 g/mol. The average molecular weight is 357 g/mol. The molecule has 0 aromatic carbocycles. The molecule has 0 aliphatic heterocycles. The third kappa shape index (κ3) is 3.87. The molecular formula is C15H21BrN2O3. The molecule has 1 fully saturated rings. The number of amides is 1. The number of aryl methyl sites for hydroxylation is 1. The predicted molar refractivity (Wildman–Crippen MR) is 83.3 cm³/mol. The number of hydrogen-bond acceptors (Lipinski definition) is 2. The van der Waals surface area contributed by atoms with Gasteiger partial charge in [0.1, 0.15) is 5.69 Å². The van der Waals surface area contributed by atoms with Crippen LogP contribution in [0.4, 0.5) is 0 Å². The Morgan fingerprint density at radius 2 is 2.10 bits per heavy atom. The lowest BCUT2D eigenvalue weighted by molar-refractivity contribution is -0.138. The van der Waals surface area contributed by atoms with E-state index in [4.69, 9.17) is 5.11 Å². The first-order valence-corrected chi connectivity index (χ1v) is 8.15. The molecule has 21 heavy (non-hydrogen) atoms. The van der Waals surface area contributed by atoms with Crippen LogP contribution in [0, 0.1) is 0 Å². The summed E-state index contributed by atoms with van der Waals surface area (Å²) in [4.78, 5) is 23.6. The summed E-state index contributed by atoms with van der Waals surface area (Å²) in [5, 5.41) is 12.1. The van der Waals surface area contributed by atoms with E-state index in [1.54, 1.807) is 6.07 Å². The molecule has 0 radical (unpaired) electrons. The molecule has 1 aliphatic rings. The average Bonchev–Trinajstić information content (AvgIpc) is 2.96. The third-order valence-electron chi connectivity index (χ3n) is 3.99. The predicted octanol–water partition coefficient (Wildman–Crippen LogP) is 3.18. The molecule has 0 spiro atoms. The number of aliphatic carboxylic acids is 1. The number of carbonyl (C=O) groups is 2. The molecule has 1 amide bonds. The summed E-state index contributed by atoms with van der Waals surface area (Å²) in [7, 11) is 0. The van der Waals surface area contributed by atoms with Crippen LogP contribution in [0.25, 0.3) is 0 Å². The maximum Gasteiger partial charge on any atom is 0.305 e. The van der Waals surface area contributed by atoms with Gasteiger partial charge in [0, 0.05) is 17.2 Å². The maximum atomic E-state index is 12.6. The van der Waals surface area contributed by atoms with Crippen molar-refractivity contribution in [1.82, 2.24) is 9.88 Å². The lowest BCUT2D eigenvalue weighted by Crippen LogP contribution is -2.48. The van der Waals surface area contributed by atoms with Crippen LogP contribution in [0.2, 0.25) is 0 Å². The van der Waals surface area contributed by atoms with E-state index >= 15 is 0 Å². The van der Waals surface area contributed by atoms with Gasteiger partial charge in [-0.1, -0.05) is 19.8 Å². The van der Waals surface area contributed by atoms with Crippen LogP contribution < -0.4 is 5.32 Å². The summed E-state index contributed by atoms with van der Waals surface area (Å²) in [6, 6.07) is 1.79. The fourth-order valence-electron chi connectivity index (χ4n) is 3.08. The van der Waals surface area contributed by atoms with Crippen LogP contribution >= 0.6 is 15.9 Å². The summed E-state index contributed by atoms with van der Waals surface area (Å²) >= 11 is 3.39. The van der Waals surface area contributed by atoms with Gasteiger partial charge in [0.2, 0.25) is 0 Å². The number of carbonyl (C=O) groups excluding carboxylic acids is 1. The van der Waals surface area contributed by atoms with Crippen molar-refractivity contribution >= 4 is 27.8 Å². The van der Waals surface area contributed by atoms with Crippen LogP contribution in [0.1, 0.15) is 55.9 Å². The minimum atomic E-state index is -0.859. The Kier molecular flexibility index (Phi) is 5.08. The highest BCUT2D eigenvalue weighted by molar-refractivity contribution is 9.10. The first kappa shape index (κ1) is 16.1. The second-order valence-corrected chi connectivity index (χ2v) is 6.66. The number of halogens is 1. The summed E-state index contributed by atoms with van der Waals surface area (Å²) in [6.07, 6.45) is 6.22. The molecule has 5 nitrogen and oxygen atoms in total. The Morgan fingerprint density at radius 3 is 2.67 bits per heavy atom. The van der Waals surface area contributed by atoms with Crippen molar-refractivity contribution in [1.29, 1.82) is 0 Å². The number of nitrogens with zero attached hydrogens (tertiary/aromatic N) is 1. The minimum absolute atomic E-state index is 0.00556. The van der Waals surface area contributed by atoms with E-state index in [-0.39, 0.29) is 12.3 Å². The molecule has 2 rings (SSSR count). The van der Waals surface area contributed by atoms with Gasteiger partial charge in [0.15, 0.2) is 0 Å². The monoisotopic (exact) mass is 356 g/mol. The number of rotatable bonds is 6. The zero-order valence-corrected chi connectivity index (χ0v) is 13.8. The highest BCUT2D eigenvalue weighted by atomic mass is 79.9. The molecule has 0 unspecified atom stereocenters. The molecule has 1 heterocycles. The van der Waals surface area contributed by atoms with Gasteiger partial charge in [-0.15, -0.1) is 0 Å². The number of carboxylic acid groups (broad SMARTS) is 1. The minimum Gasteiger partial charge on any atom is -0.481 e. The quantitative estimate of drug-likeness (QED) is 0.822. The fourth-order valence-corrected chi connectivity index (χ4v) is 3.55. The Labute approximate surface area is 132 Å². The first-order chi connectivity index (χ1) is 9.96. The van der Waals surface area contributed by atoms with Crippen molar-refractivity contribution in [2.75, 3.05) is 0 Å². The molecule has 116 valence electrons. The molecule has 0 atom stereocenters. The first-order valence-electron chi connectivity index (χ1n) is 7.36. The Morgan fingerprint density at radius 1 is 1.43 bits per heavy atom. The summed E-state index contributed by atoms with van der Waals surface area (Å²) in [6.45, 7) is 2.82. The number of aromatic nitrogens is 1. The van der Waals surface area contributed by atoms with Crippen molar-refractivity contribution in [2.45, 2.75) is 57.5 Å². The van der Waals surface area contributed by atoms with E-state index < -0.39 is 11.5 Å². The summed E-state index contributed by atoms with van der Waals surface area (Å²) in [5.74, 6) is -1.04. The Hall–Kier alpha value is -1.30. The van der Waals surface area contributed by atoms with Gasteiger partial charge in [0.25, 0.3) is 5.91 Å². The Balaban J connectivity index is 2.17. The molecule has 0 bridgehead atoms. The van der Waals surface area contributed by atoms with Crippen LogP contribution in [-0.4, -0.2) is 27.1 Å². The van der Waals surface area contributed by atoms with Crippen molar-refractivity contribution in [3.63, 3.8) is 0 Å². The van der Waals surface area contributed by atoms with Crippen LogP contribution in [0.3, 0.4) is 0 Å². The lowest BCUT2D eigenvalue weighted by Gasteiger charge is -2.28. The fraction of sp³-hybridized carbons (Fsp3) is 0.600. The van der Waals surface area contributed by atoms with Gasteiger partial charge in [-0.05, 0) is 41.3 Å². The molecule has 1 aromatic heterocycles. The van der Waals surface area contributed by atoms with Crippen molar-refractivity contribution in [3.8, 4) is 0 Å². The molecule has 2 N–H and O–H groups in total. The van der Waals surface area contributed by atoms with Crippen molar-refractivity contribution in [2.24, 2.45) is 0 Å². The maximum absolute atomic E-state index is 12.6. The van der Waals surface area contributed by atoms with E-state index in [2.05, 4.69) is 28.2 Å². The highest BCUT2D eigenvalue weighted by Crippen LogP contribution is 2.33. The second-order valence-electron chi connectivity index (χ2n) is 5.75.